The highest BCUT2D eigenvalue weighted by Gasteiger charge is 2.14. The van der Waals surface area contributed by atoms with Crippen molar-refractivity contribution in [1.29, 1.82) is 0 Å². The van der Waals surface area contributed by atoms with Gasteiger partial charge in [0.1, 0.15) is 18.1 Å². The Balaban J connectivity index is 1.95. The number of hydrogen-bond donors (Lipinski definition) is 2. The van der Waals surface area contributed by atoms with Crippen LogP contribution in [0.5, 0.6) is 11.5 Å². The normalized spacial score (nSPS) is 10.8. The lowest BCUT2D eigenvalue weighted by molar-refractivity contribution is 0.302. The van der Waals surface area contributed by atoms with Crippen molar-refractivity contribution in [2.75, 3.05) is 0 Å². The minimum absolute atomic E-state index is 0.138. The first-order chi connectivity index (χ1) is 11.5. The van der Waals surface area contributed by atoms with Gasteiger partial charge in [-0.05, 0) is 59.7 Å². The first kappa shape index (κ1) is 16.1. The van der Waals surface area contributed by atoms with Crippen molar-refractivity contribution in [3.63, 3.8) is 0 Å². The lowest BCUT2D eigenvalue weighted by Crippen LogP contribution is -2.18. The summed E-state index contributed by atoms with van der Waals surface area (Å²) in [7, 11) is 0. The largest absolute Gasteiger partial charge is 0.508 e. The Morgan fingerprint density at radius 1 is 1.29 bits per heavy atom. The van der Waals surface area contributed by atoms with E-state index in [1.807, 2.05) is 6.92 Å². The SMILES string of the molecule is Cc1cc(OCc2c(Cl)cccc2-n2nn[nH]c2=O)c(C)cc1O. The second-order valence-electron chi connectivity index (χ2n) is 5.35. The lowest BCUT2D eigenvalue weighted by Gasteiger charge is -2.14. The van der Waals surface area contributed by atoms with Crippen molar-refractivity contribution in [1.82, 2.24) is 20.2 Å². The van der Waals surface area contributed by atoms with E-state index < -0.39 is 5.69 Å². The van der Waals surface area contributed by atoms with Gasteiger partial charge in [0.25, 0.3) is 0 Å². The molecule has 0 saturated carbocycles. The summed E-state index contributed by atoms with van der Waals surface area (Å²) in [5.74, 6) is 0.844. The Bertz CT molecular complexity index is 949. The summed E-state index contributed by atoms with van der Waals surface area (Å²) in [5, 5.41) is 19.6. The third-order valence-corrected chi connectivity index (χ3v) is 4.01. The predicted octanol–water partition coefficient (Wildman–Crippen LogP) is 2.51. The number of hydrogen-bond acceptors (Lipinski definition) is 5. The summed E-state index contributed by atoms with van der Waals surface area (Å²) in [4.78, 5) is 11.8. The number of phenols is 1. The van der Waals surface area contributed by atoms with Crippen LogP contribution >= 0.6 is 11.6 Å². The molecule has 2 N–H and O–H groups in total. The Kier molecular flexibility index (Phi) is 4.26. The van der Waals surface area contributed by atoms with E-state index in [0.29, 0.717) is 27.6 Å². The van der Waals surface area contributed by atoms with Gasteiger partial charge in [0, 0.05) is 10.6 Å². The number of H-pyrrole nitrogens is 1. The van der Waals surface area contributed by atoms with Crippen molar-refractivity contribution >= 4 is 11.6 Å². The minimum atomic E-state index is -0.463. The number of aromatic nitrogens is 4. The number of ether oxygens (including phenoxy) is 1. The van der Waals surface area contributed by atoms with Crippen LogP contribution in [-0.2, 0) is 6.61 Å². The molecule has 0 saturated heterocycles. The maximum atomic E-state index is 11.8. The van der Waals surface area contributed by atoms with Gasteiger partial charge in [-0.3, -0.25) is 0 Å². The Labute approximate surface area is 142 Å². The molecule has 1 aromatic heterocycles. The van der Waals surface area contributed by atoms with Crippen LogP contribution in [0.4, 0.5) is 0 Å². The number of nitrogens with zero attached hydrogens (tertiary/aromatic N) is 3. The molecule has 3 aromatic rings. The van der Waals surface area contributed by atoms with Gasteiger partial charge in [-0.1, -0.05) is 17.7 Å². The summed E-state index contributed by atoms with van der Waals surface area (Å²) in [6.07, 6.45) is 0. The molecule has 8 heteroatoms. The molecule has 0 fully saturated rings. The van der Waals surface area contributed by atoms with E-state index in [9.17, 15) is 9.90 Å². The van der Waals surface area contributed by atoms with Crippen molar-refractivity contribution in [3.05, 3.63) is 62.5 Å². The van der Waals surface area contributed by atoms with Crippen LogP contribution in [-0.4, -0.2) is 25.3 Å². The standard InChI is InChI=1S/C16H15ClN4O3/c1-9-7-15(10(2)6-14(9)22)24-8-11-12(17)4-3-5-13(11)21-16(23)18-19-20-21/h3-7,22H,8H2,1-2H3,(H,18,20,23). The number of nitrogens with one attached hydrogen (secondary N) is 1. The third kappa shape index (κ3) is 2.98. The molecule has 1 heterocycles. The van der Waals surface area contributed by atoms with Crippen LogP contribution in [0.25, 0.3) is 5.69 Å². The summed E-state index contributed by atoms with van der Waals surface area (Å²) < 4.78 is 6.97. The van der Waals surface area contributed by atoms with E-state index in [1.165, 1.54) is 0 Å². The molecule has 0 atom stereocenters. The number of phenolic OH excluding ortho intramolecular Hbond substituents is 1. The molecule has 0 aliphatic rings. The van der Waals surface area contributed by atoms with Crippen molar-refractivity contribution < 1.29 is 9.84 Å². The average molecular weight is 347 g/mol. The molecule has 0 aliphatic heterocycles. The Hall–Kier alpha value is -2.80. The number of benzene rings is 2. The zero-order chi connectivity index (χ0) is 17.3. The topological polar surface area (TPSA) is 93.0 Å². The van der Waals surface area contributed by atoms with Crippen molar-refractivity contribution in [3.8, 4) is 17.2 Å². The van der Waals surface area contributed by atoms with E-state index in [4.69, 9.17) is 16.3 Å². The van der Waals surface area contributed by atoms with Crippen LogP contribution in [0.1, 0.15) is 16.7 Å². The molecule has 0 amide bonds. The van der Waals surface area contributed by atoms with Gasteiger partial charge in [0.15, 0.2) is 0 Å². The zero-order valence-corrected chi connectivity index (χ0v) is 13.8. The fraction of sp³-hybridized carbons (Fsp3) is 0.188. The van der Waals surface area contributed by atoms with Gasteiger partial charge < -0.3 is 9.84 Å². The van der Waals surface area contributed by atoms with Gasteiger partial charge in [-0.15, -0.1) is 0 Å². The van der Waals surface area contributed by atoms with E-state index in [2.05, 4.69) is 15.5 Å². The second kappa shape index (κ2) is 6.37. The molecular weight excluding hydrogens is 332 g/mol. The first-order valence-corrected chi connectivity index (χ1v) is 7.56. The van der Waals surface area contributed by atoms with Crippen LogP contribution in [0.2, 0.25) is 5.02 Å². The molecule has 0 radical (unpaired) electrons. The van der Waals surface area contributed by atoms with Gasteiger partial charge in [0.2, 0.25) is 0 Å². The second-order valence-corrected chi connectivity index (χ2v) is 5.76. The van der Waals surface area contributed by atoms with Gasteiger partial charge >= 0.3 is 5.69 Å². The van der Waals surface area contributed by atoms with E-state index in [-0.39, 0.29) is 12.4 Å². The summed E-state index contributed by atoms with van der Waals surface area (Å²) in [6.45, 7) is 3.76. The predicted molar refractivity (Wildman–Crippen MR) is 88.9 cm³/mol. The number of tetrazole rings is 1. The number of aromatic hydroxyl groups is 1. The van der Waals surface area contributed by atoms with Crippen LogP contribution in [0.15, 0.2) is 35.1 Å². The highest BCUT2D eigenvalue weighted by molar-refractivity contribution is 6.31. The molecule has 3 rings (SSSR count). The zero-order valence-electron chi connectivity index (χ0n) is 13.1. The fourth-order valence-corrected chi connectivity index (χ4v) is 2.55. The quantitative estimate of drug-likeness (QED) is 0.757. The summed E-state index contributed by atoms with van der Waals surface area (Å²) in [5.41, 5.74) is 2.15. The van der Waals surface area contributed by atoms with Crippen molar-refractivity contribution in [2.45, 2.75) is 20.5 Å². The molecule has 124 valence electrons. The molecule has 24 heavy (non-hydrogen) atoms. The van der Waals surface area contributed by atoms with E-state index >= 15 is 0 Å². The van der Waals surface area contributed by atoms with Crippen molar-refractivity contribution in [2.24, 2.45) is 0 Å². The molecule has 0 spiro atoms. The van der Waals surface area contributed by atoms with E-state index in [1.54, 1.807) is 37.3 Å². The maximum Gasteiger partial charge on any atom is 0.365 e. The van der Waals surface area contributed by atoms with Gasteiger partial charge in [0.05, 0.1) is 5.69 Å². The minimum Gasteiger partial charge on any atom is -0.508 e. The van der Waals surface area contributed by atoms with E-state index in [0.717, 1.165) is 10.2 Å². The maximum absolute atomic E-state index is 11.8. The third-order valence-electron chi connectivity index (χ3n) is 3.66. The summed E-state index contributed by atoms with van der Waals surface area (Å²) >= 11 is 6.27. The number of rotatable bonds is 4. The number of aryl methyl sites for hydroxylation is 2. The number of aromatic amines is 1. The van der Waals surface area contributed by atoms with Gasteiger partial charge in [-0.25, -0.2) is 9.89 Å². The summed E-state index contributed by atoms with van der Waals surface area (Å²) in [6, 6.07) is 8.54. The van der Waals surface area contributed by atoms with Crippen LogP contribution in [0.3, 0.4) is 0 Å². The molecule has 7 nitrogen and oxygen atoms in total. The smallest absolute Gasteiger partial charge is 0.365 e. The Morgan fingerprint density at radius 2 is 2.08 bits per heavy atom. The van der Waals surface area contributed by atoms with Crippen LogP contribution in [0, 0.1) is 13.8 Å². The monoisotopic (exact) mass is 346 g/mol. The highest BCUT2D eigenvalue weighted by atomic mass is 35.5. The lowest BCUT2D eigenvalue weighted by atomic mass is 10.1. The van der Waals surface area contributed by atoms with Gasteiger partial charge in [-0.2, -0.15) is 4.68 Å². The molecule has 0 bridgehead atoms. The molecule has 2 aromatic carbocycles. The Morgan fingerprint density at radius 3 is 2.79 bits per heavy atom. The fourth-order valence-electron chi connectivity index (χ4n) is 2.32. The number of halogens is 1. The average Bonchev–Trinajstić information content (AvgIpc) is 2.96. The highest BCUT2D eigenvalue weighted by Crippen LogP contribution is 2.29. The molecule has 0 unspecified atom stereocenters. The molecule has 0 aliphatic carbocycles. The van der Waals surface area contributed by atoms with Crippen LogP contribution < -0.4 is 10.4 Å². The molecular formula is C16H15ClN4O3. The first-order valence-electron chi connectivity index (χ1n) is 7.18.